The molecule has 0 saturated carbocycles. The number of hydrogen-bond acceptors (Lipinski definition) is 2. The Balaban J connectivity index is 2.08. The van der Waals surface area contributed by atoms with Gasteiger partial charge in [0.15, 0.2) is 0 Å². The van der Waals surface area contributed by atoms with Gasteiger partial charge < -0.3 is 5.32 Å². The second-order valence-electron chi connectivity index (χ2n) is 3.09. The van der Waals surface area contributed by atoms with E-state index in [9.17, 15) is 0 Å². The molecule has 0 fully saturated rings. The Hall–Kier alpha value is -0.510. The molecule has 0 unspecified atom stereocenters. The van der Waals surface area contributed by atoms with Gasteiger partial charge in [-0.05, 0) is 50.5 Å². The van der Waals surface area contributed by atoms with E-state index in [1.807, 2.05) is 18.2 Å². The number of benzene rings is 1. The van der Waals surface area contributed by atoms with Crippen LogP contribution < -0.4 is 5.32 Å². The van der Waals surface area contributed by atoms with Gasteiger partial charge in [0.1, 0.15) is 0 Å². The molecule has 0 atom stereocenters. The van der Waals surface area contributed by atoms with Crippen LogP contribution in [0.1, 0.15) is 5.56 Å². The van der Waals surface area contributed by atoms with Crippen molar-refractivity contribution in [2.45, 2.75) is 6.54 Å². The summed E-state index contributed by atoms with van der Waals surface area (Å²) in [4.78, 5) is 0. The Morgan fingerprint density at radius 2 is 2.20 bits per heavy atom. The lowest BCUT2D eigenvalue weighted by Gasteiger charge is -2.08. The maximum atomic E-state index is 5.99. The molecule has 2 aromatic rings. The molecule has 1 N–H and O–H groups in total. The summed E-state index contributed by atoms with van der Waals surface area (Å²) in [6.45, 7) is 0.822. The highest BCUT2D eigenvalue weighted by Gasteiger charge is 2.02. The standard InChI is InChI=1S/C11H9BrClNS/c12-11-9(13)2-1-3-10(11)14-6-8-4-5-15-7-8/h1-5,7,14H,6H2. The summed E-state index contributed by atoms with van der Waals surface area (Å²) in [5, 5.41) is 8.26. The summed E-state index contributed by atoms with van der Waals surface area (Å²) in [5.74, 6) is 0. The van der Waals surface area contributed by atoms with E-state index < -0.39 is 0 Å². The first-order valence-electron chi connectivity index (χ1n) is 4.46. The fraction of sp³-hybridized carbons (Fsp3) is 0.0909. The van der Waals surface area contributed by atoms with Crippen LogP contribution in [-0.4, -0.2) is 0 Å². The Morgan fingerprint density at radius 3 is 2.93 bits per heavy atom. The van der Waals surface area contributed by atoms with Crippen molar-refractivity contribution in [3.63, 3.8) is 0 Å². The van der Waals surface area contributed by atoms with Crippen molar-refractivity contribution < 1.29 is 0 Å². The van der Waals surface area contributed by atoms with E-state index in [0.29, 0.717) is 0 Å². The predicted octanol–water partition coefficient (Wildman–Crippen LogP) is 4.78. The van der Waals surface area contributed by atoms with Crippen LogP contribution in [0.15, 0.2) is 39.5 Å². The zero-order chi connectivity index (χ0) is 10.7. The molecule has 4 heteroatoms. The fourth-order valence-electron chi connectivity index (χ4n) is 1.23. The molecule has 1 aromatic heterocycles. The zero-order valence-corrected chi connectivity index (χ0v) is 11.0. The highest BCUT2D eigenvalue weighted by molar-refractivity contribution is 9.10. The summed E-state index contributed by atoms with van der Waals surface area (Å²) in [6, 6.07) is 7.91. The van der Waals surface area contributed by atoms with Crippen LogP contribution in [0.3, 0.4) is 0 Å². The normalized spacial score (nSPS) is 10.3. The van der Waals surface area contributed by atoms with E-state index >= 15 is 0 Å². The Morgan fingerprint density at radius 1 is 1.33 bits per heavy atom. The SMILES string of the molecule is Clc1cccc(NCc2ccsc2)c1Br. The van der Waals surface area contributed by atoms with Crippen LogP contribution in [0.4, 0.5) is 5.69 Å². The van der Waals surface area contributed by atoms with E-state index in [0.717, 1.165) is 21.7 Å². The molecular formula is C11H9BrClNS. The lowest BCUT2D eigenvalue weighted by atomic mass is 10.3. The summed E-state index contributed by atoms with van der Waals surface area (Å²) in [5.41, 5.74) is 2.31. The molecule has 1 aromatic carbocycles. The first-order valence-corrected chi connectivity index (χ1v) is 6.57. The number of hydrogen-bond donors (Lipinski definition) is 1. The van der Waals surface area contributed by atoms with Gasteiger partial charge in [0.05, 0.1) is 15.2 Å². The number of thiophene rings is 1. The van der Waals surface area contributed by atoms with Gasteiger partial charge in [-0.25, -0.2) is 0 Å². The average Bonchev–Trinajstić information content (AvgIpc) is 2.73. The third-order valence-corrected chi connectivity index (χ3v) is 4.14. The quantitative estimate of drug-likeness (QED) is 0.860. The lowest BCUT2D eigenvalue weighted by Crippen LogP contribution is -1.98. The first-order chi connectivity index (χ1) is 7.27. The van der Waals surface area contributed by atoms with Crippen molar-refractivity contribution in [2.75, 3.05) is 5.32 Å². The van der Waals surface area contributed by atoms with Crippen molar-refractivity contribution in [1.29, 1.82) is 0 Å². The molecule has 0 saturated heterocycles. The van der Waals surface area contributed by atoms with Gasteiger partial charge in [-0.2, -0.15) is 11.3 Å². The third kappa shape index (κ3) is 2.74. The summed E-state index contributed by atoms with van der Waals surface area (Å²) in [7, 11) is 0. The second kappa shape index (κ2) is 5.01. The van der Waals surface area contributed by atoms with Crippen LogP contribution in [0.2, 0.25) is 5.02 Å². The molecule has 1 heterocycles. The first kappa shape index (κ1) is 11.0. The molecule has 0 bridgehead atoms. The van der Waals surface area contributed by atoms with Crippen LogP contribution in [0, 0.1) is 0 Å². The molecular weight excluding hydrogens is 294 g/mol. The lowest BCUT2D eigenvalue weighted by molar-refractivity contribution is 1.16. The molecule has 2 rings (SSSR count). The molecule has 0 radical (unpaired) electrons. The van der Waals surface area contributed by atoms with Crippen molar-refractivity contribution in [3.05, 3.63) is 50.1 Å². The van der Waals surface area contributed by atoms with Crippen molar-refractivity contribution in [1.82, 2.24) is 0 Å². The van der Waals surface area contributed by atoms with Crippen LogP contribution >= 0.6 is 38.9 Å². The minimum atomic E-state index is 0.727. The van der Waals surface area contributed by atoms with Crippen LogP contribution in [0.5, 0.6) is 0 Å². The minimum Gasteiger partial charge on any atom is -0.380 e. The monoisotopic (exact) mass is 301 g/mol. The molecule has 0 spiro atoms. The van der Waals surface area contributed by atoms with Crippen molar-refractivity contribution in [2.24, 2.45) is 0 Å². The van der Waals surface area contributed by atoms with E-state index in [1.165, 1.54) is 5.56 Å². The minimum absolute atomic E-state index is 0.727. The third-order valence-electron chi connectivity index (χ3n) is 2.01. The van der Waals surface area contributed by atoms with Gasteiger partial charge in [-0.15, -0.1) is 0 Å². The number of halogens is 2. The van der Waals surface area contributed by atoms with Gasteiger partial charge in [0, 0.05) is 6.54 Å². The number of nitrogens with one attached hydrogen (secondary N) is 1. The van der Waals surface area contributed by atoms with E-state index in [4.69, 9.17) is 11.6 Å². The Bertz CT molecular complexity index is 442. The van der Waals surface area contributed by atoms with Crippen molar-refractivity contribution >= 4 is 44.6 Å². The van der Waals surface area contributed by atoms with Gasteiger partial charge >= 0.3 is 0 Å². The molecule has 0 aliphatic carbocycles. The molecule has 78 valence electrons. The van der Waals surface area contributed by atoms with Gasteiger partial charge in [-0.1, -0.05) is 17.7 Å². The Kier molecular flexibility index (Phi) is 3.67. The highest BCUT2D eigenvalue weighted by atomic mass is 79.9. The second-order valence-corrected chi connectivity index (χ2v) is 5.07. The summed E-state index contributed by atoms with van der Waals surface area (Å²) >= 11 is 11.1. The van der Waals surface area contributed by atoms with E-state index in [1.54, 1.807) is 11.3 Å². The van der Waals surface area contributed by atoms with Gasteiger partial charge in [-0.3, -0.25) is 0 Å². The topological polar surface area (TPSA) is 12.0 Å². The molecule has 0 amide bonds. The molecule has 15 heavy (non-hydrogen) atoms. The fourth-order valence-corrected chi connectivity index (χ4v) is 2.48. The molecule has 1 nitrogen and oxygen atoms in total. The zero-order valence-electron chi connectivity index (χ0n) is 7.84. The van der Waals surface area contributed by atoms with Crippen molar-refractivity contribution in [3.8, 4) is 0 Å². The maximum Gasteiger partial charge on any atom is 0.0593 e. The predicted molar refractivity (Wildman–Crippen MR) is 70.8 cm³/mol. The summed E-state index contributed by atoms with van der Waals surface area (Å²) < 4.78 is 0.918. The van der Waals surface area contributed by atoms with Gasteiger partial charge in [0.2, 0.25) is 0 Å². The average molecular weight is 303 g/mol. The number of rotatable bonds is 3. The van der Waals surface area contributed by atoms with E-state index in [-0.39, 0.29) is 0 Å². The maximum absolute atomic E-state index is 5.99. The summed E-state index contributed by atoms with van der Waals surface area (Å²) in [6.07, 6.45) is 0. The Labute approximate surface area is 106 Å². The largest absolute Gasteiger partial charge is 0.380 e. The molecule has 0 aliphatic rings. The van der Waals surface area contributed by atoms with Gasteiger partial charge in [0.25, 0.3) is 0 Å². The van der Waals surface area contributed by atoms with E-state index in [2.05, 4.69) is 38.1 Å². The van der Waals surface area contributed by atoms with Crippen LogP contribution in [-0.2, 0) is 6.54 Å². The highest BCUT2D eigenvalue weighted by Crippen LogP contribution is 2.30. The number of anilines is 1. The van der Waals surface area contributed by atoms with Crippen LogP contribution in [0.25, 0.3) is 0 Å². The smallest absolute Gasteiger partial charge is 0.0593 e. The molecule has 0 aliphatic heterocycles.